The molecule has 0 radical (unpaired) electrons. The zero-order valence-electron chi connectivity index (χ0n) is 16.1. The zero-order chi connectivity index (χ0) is 17.5. The standard InChI is InChI=1S/C10H10N.3C4H9.Sn/c1-2-8-11-9-10-6-4-3-5-7-10;3*1-3-4-2;/h1-7,9H,8H2;3*1,3-4H2,2H3;. The Morgan fingerprint density at radius 2 is 1.38 bits per heavy atom. The maximum atomic E-state index is 4.61. The van der Waals surface area contributed by atoms with E-state index in [4.69, 9.17) is 0 Å². The summed E-state index contributed by atoms with van der Waals surface area (Å²) in [5, 5.41) is 0. The molecule has 2 heteroatoms. The summed E-state index contributed by atoms with van der Waals surface area (Å²) in [7, 11) is 0. The van der Waals surface area contributed by atoms with Crippen molar-refractivity contribution in [3.63, 3.8) is 0 Å². The van der Waals surface area contributed by atoms with Gasteiger partial charge in [-0.05, 0) is 0 Å². The third-order valence-corrected chi connectivity index (χ3v) is 19.1. The molecule has 0 aliphatic heterocycles. The summed E-state index contributed by atoms with van der Waals surface area (Å²) in [6, 6.07) is 10.4. The van der Waals surface area contributed by atoms with Crippen molar-refractivity contribution in [2.24, 2.45) is 4.99 Å². The van der Waals surface area contributed by atoms with Crippen LogP contribution in [0.5, 0.6) is 0 Å². The molecular formula is C22H37NSn. The van der Waals surface area contributed by atoms with E-state index >= 15 is 0 Å². The summed E-state index contributed by atoms with van der Waals surface area (Å²) >= 11 is -2.09. The molecule has 1 aromatic rings. The number of aliphatic imine (C=N–C) groups is 1. The van der Waals surface area contributed by atoms with Crippen LogP contribution in [0.1, 0.15) is 64.9 Å². The molecule has 0 aromatic heterocycles. The first-order valence-corrected chi connectivity index (χ1v) is 17.7. The molecule has 24 heavy (non-hydrogen) atoms. The van der Waals surface area contributed by atoms with Gasteiger partial charge in [-0.15, -0.1) is 0 Å². The van der Waals surface area contributed by atoms with E-state index in [1.807, 2.05) is 6.21 Å². The second kappa shape index (κ2) is 13.7. The van der Waals surface area contributed by atoms with Crippen molar-refractivity contribution in [1.82, 2.24) is 0 Å². The van der Waals surface area contributed by atoms with Gasteiger partial charge in [-0.25, -0.2) is 0 Å². The van der Waals surface area contributed by atoms with Crippen LogP contribution < -0.4 is 0 Å². The first-order valence-electron chi connectivity index (χ1n) is 9.99. The Morgan fingerprint density at radius 1 is 0.833 bits per heavy atom. The second-order valence-corrected chi connectivity index (χ2v) is 20.0. The Morgan fingerprint density at radius 3 is 1.88 bits per heavy atom. The molecular weight excluding hydrogens is 397 g/mol. The number of hydrogen-bond donors (Lipinski definition) is 0. The van der Waals surface area contributed by atoms with Crippen LogP contribution in [0.25, 0.3) is 0 Å². The van der Waals surface area contributed by atoms with Crippen molar-refractivity contribution in [2.75, 3.05) is 6.54 Å². The van der Waals surface area contributed by atoms with Crippen molar-refractivity contribution in [3.8, 4) is 0 Å². The van der Waals surface area contributed by atoms with E-state index in [0.29, 0.717) is 0 Å². The van der Waals surface area contributed by atoms with Crippen LogP contribution in [0.4, 0.5) is 0 Å². The van der Waals surface area contributed by atoms with Crippen molar-refractivity contribution < 1.29 is 0 Å². The van der Waals surface area contributed by atoms with E-state index in [2.05, 4.69) is 66.3 Å². The van der Waals surface area contributed by atoms with E-state index in [0.717, 1.165) is 6.54 Å². The fraction of sp³-hybridized carbons (Fsp3) is 0.591. The minimum atomic E-state index is -2.09. The normalized spacial score (nSPS) is 12.5. The summed E-state index contributed by atoms with van der Waals surface area (Å²) in [4.78, 5) is 4.61. The zero-order valence-corrected chi connectivity index (χ0v) is 19.0. The van der Waals surface area contributed by atoms with Crippen molar-refractivity contribution in [1.29, 1.82) is 0 Å². The molecule has 0 heterocycles. The third kappa shape index (κ3) is 9.05. The van der Waals surface area contributed by atoms with Gasteiger partial charge in [0.2, 0.25) is 0 Å². The Hall–Kier alpha value is -0.571. The second-order valence-electron chi connectivity index (χ2n) is 6.98. The Bertz CT molecular complexity index is 442. The summed E-state index contributed by atoms with van der Waals surface area (Å²) in [6.45, 7) is 7.86. The number of nitrogens with zero attached hydrogens (tertiary/aromatic N) is 1. The average molecular weight is 434 g/mol. The van der Waals surface area contributed by atoms with Crippen LogP contribution in [-0.2, 0) is 0 Å². The van der Waals surface area contributed by atoms with Gasteiger partial charge in [-0.2, -0.15) is 0 Å². The maximum absolute atomic E-state index is 4.61. The predicted octanol–water partition coefficient (Wildman–Crippen LogP) is 7.05. The van der Waals surface area contributed by atoms with Gasteiger partial charge in [-0.3, -0.25) is 0 Å². The minimum absolute atomic E-state index is 0.845. The predicted molar refractivity (Wildman–Crippen MR) is 113 cm³/mol. The van der Waals surface area contributed by atoms with Crippen molar-refractivity contribution in [2.45, 2.75) is 72.6 Å². The van der Waals surface area contributed by atoms with Gasteiger partial charge < -0.3 is 0 Å². The van der Waals surface area contributed by atoms with Crippen LogP contribution in [0.2, 0.25) is 13.3 Å². The van der Waals surface area contributed by atoms with Crippen LogP contribution in [0, 0.1) is 0 Å². The molecule has 134 valence electrons. The molecule has 0 aliphatic carbocycles. The first-order chi connectivity index (χ1) is 11.8. The molecule has 0 N–H and O–H groups in total. The molecule has 1 nitrogen and oxygen atoms in total. The number of rotatable bonds is 13. The van der Waals surface area contributed by atoms with Gasteiger partial charge in [0.1, 0.15) is 0 Å². The monoisotopic (exact) mass is 435 g/mol. The third-order valence-electron chi connectivity index (χ3n) is 4.81. The first kappa shape index (κ1) is 21.5. The molecule has 0 bridgehead atoms. The van der Waals surface area contributed by atoms with Crippen molar-refractivity contribution >= 4 is 24.6 Å². The summed E-state index contributed by atoms with van der Waals surface area (Å²) < 4.78 is 7.36. The van der Waals surface area contributed by atoms with Gasteiger partial charge in [0.05, 0.1) is 0 Å². The Kier molecular flexibility index (Phi) is 12.2. The SMILES string of the molecule is CCC[CH2][Sn](/[CH]=C/CN=Cc1ccccc1)([CH2]CCC)[CH2]CCC. The van der Waals surface area contributed by atoms with E-state index in [-0.39, 0.29) is 0 Å². The molecule has 1 rings (SSSR count). The summed E-state index contributed by atoms with van der Waals surface area (Å²) in [5.41, 5.74) is 1.20. The molecule has 0 unspecified atom stereocenters. The molecule has 0 atom stereocenters. The Labute approximate surface area is 154 Å². The number of unbranched alkanes of at least 4 members (excludes halogenated alkanes) is 3. The number of hydrogen-bond acceptors (Lipinski definition) is 1. The van der Waals surface area contributed by atoms with Gasteiger partial charge in [0, 0.05) is 0 Å². The van der Waals surface area contributed by atoms with Gasteiger partial charge in [-0.1, -0.05) is 0 Å². The van der Waals surface area contributed by atoms with E-state index in [9.17, 15) is 0 Å². The average Bonchev–Trinajstić information content (AvgIpc) is 2.63. The molecule has 0 spiro atoms. The molecule has 0 aliphatic rings. The fourth-order valence-corrected chi connectivity index (χ4v) is 17.6. The van der Waals surface area contributed by atoms with Crippen LogP contribution in [0.3, 0.4) is 0 Å². The molecule has 1 aromatic carbocycles. The van der Waals surface area contributed by atoms with E-state index in [1.165, 1.54) is 44.1 Å². The van der Waals surface area contributed by atoms with Crippen molar-refractivity contribution in [3.05, 3.63) is 46.1 Å². The molecule has 0 amide bonds. The van der Waals surface area contributed by atoms with Crippen LogP contribution >= 0.6 is 0 Å². The van der Waals surface area contributed by atoms with Crippen LogP contribution in [-0.4, -0.2) is 31.1 Å². The van der Waals surface area contributed by atoms with E-state index in [1.54, 1.807) is 13.3 Å². The molecule has 0 saturated carbocycles. The molecule has 0 fully saturated rings. The van der Waals surface area contributed by atoms with Crippen LogP contribution in [0.15, 0.2) is 45.5 Å². The number of benzene rings is 1. The van der Waals surface area contributed by atoms with Gasteiger partial charge >= 0.3 is 155 Å². The van der Waals surface area contributed by atoms with E-state index < -0.39 is 18.4 Å². The quantitative estimate of drug-likeness (QED) is 0.233. The van der Waals surface area contributed by atoms with Gasteiger partial charge in [0.25, 0.3) is 0 Å². The Balaban J connectivity index is 2.67. The topological polar surface area (TPSA) is 12.4 Å². The summed E-state index contributed by atoms with van der Waals surface area (Å²) in [5.74, 6) is 0. The fourth-order valence-electron chi connectivity index (χ4n) is 3.27. The molecule has 0 saturated heterocycles. The summed E-state index contributed by atoms with van der Waals surface area (Å²) in [6.07, 6.45) is 12.7. The van der Waals surface area contributed by atoms with Gasteiger partial charge in [0.15, 0.2) is 0 Å².